The van der Waals surface area contributed by atoms with E-state index in [0.29, 0.717) is 0 Å². The predicted octanol–water partition coefficient (Wildman–Crippen LogP) is 8.51. The molecule has 4 aromatic carbocycles. The summed E-state index contributed by atoms with van der Waals surface area (Å²) in [5, 5.41) is 22.9. The number of nitrogens with zero attached hydrogens (tertiary/aromatic N) is 2. The Bertz CT molecular complexity index is 1980. The van der Waals surface area contributed by atoms with Crippen LogP contribution < -0.4 is 9.47 Å². The number of pyridine rings is 2. The van der Waals surface area contributed by atoms with Gasteiger partial charge in [0.05, 0.1) is 33.6 Å². The van der Waals surface area contributed by atoms with Gasteiger partial charge in [0, 0.05) is 21.9 Å². The van der Waals surface area contributed by atoms with Crippen LogP contribution in [0.25, 0.3) is 33.0 Å². The third-order valence-corrected chi connectivity index (χ3v) is 7.97. The summed E-state index contributed by atoms with van der Waals surface area (Å²) in [6.45, 7) is 4.45. The minimum Gasteiger partial charge on any atom is -0.508 e. The molecule has 6 nitrogen and oxygen atoms in total. The number of aryl methyl sites for hydroxylation is 2. The van der Waals surface area contributed by atoms with Gasteiger partial charge in [0.25, 0.3) is 0 Å². The zero-order valence-corrected chi connectivity index (χ0v) is 24.4. The van der Waals surface area contributed by atoms with Gasteiger partial charge in [0.15, 0.2) is 0 Å². The fourth-order valence-corrected chi connectivity index (χ4v) is 5.79. The van der Waals surface area contributed by atoms with Crippen LogP contribution in [0.3, 0.4) is 0 Å². The van der Waals surface area contributed by atoms with E-state index in [1.807, 2.05) is 123 Å². The number of hydrogen-bond acceptors (Lipinski definition) is 6. The van der Waals surface area contributed by atoms with Gasteiger partial charge in [-0.2, -0.15) is 0 Å². The summed E-state index contributed by atoms with van der Waals surface area (Å²) in [4.78, 5) is 9.55. The molecule has 6 aromatic rings. The number of ether oxygens (including phenoxy) is 2. The molecule has 0 fully saturated rings. The molecule has 2 aliphatic rings. The minimum absolute atomic E-state index is 0.180. The van der Waals surface area contributed by atoms with Crippen molar-refractivity contribution in [1.29, 1.82) is 0 Å². The molecule has 0 bridgehead atoms. The lowest BCUT2D eigenvalue weighted by Gasteiger charge is -2.21. The van der Waals surface area contributed by atoms with Crippen molar-refractivity contribution in [3.8, 4) is 11.5 Å². The molecule has 216 valence electrons. The number of para-hydroxylation sites is 4. The Kier molecular flexibility index (Phi) is 6.95. The highest BCUT2D eigenvalue weighted by molar-refractivity contribution is 5.90. The Balaban J connectivity index is 0.000000142. The molecular formula is C38H30N2O4. The summed E-state index contributed by atoms with van der Waals surface area (Å²) in [7, 11) is 0. The zero-order valence-electron chi connectivity index (χ0n) is 24.4. The van der Waals surface area contributed by atoms with Crippen molar-refractivity contribution in [2.75, 3.05) is 13.2 Å². The van der Waals surface area contributed by atoms with E-state index in [1.165, 1.54) is 0 Å². The van der Waals surface area contributed by atoms with E-state index in [9.17, 15) is 10.2 Å². The van der Waals surface area contributed by atoms with Crippen LogP contribution in [-0.2, 0) is 0 Å². The van der Waals surface area contributed by atoms with Gasteiger partial charge >= 0.3 is 0 Å². The first-order chi connectivity index (χ1) is 21.5. The Labute approximate surface area is 255 Å². The number of aliphatic hydroxyl groups is 2. The standard InChI is InChI=1S/2C19H15NO2/c2*1-12-5-4-6-13-9-10-15(20-19(12)13)18-14-7-2-3-8-17(14)22-11-16(18)21/h2*2-10,21H,11H2,1H3. The number of aromatic nitrogens is 2. The summed E-state index contributed by atoms with van der Waals surface area (Å²) in [6.07, 6.45) is 0. The highest BCUT2D eigenvalue weighted by atomic mass is 16.5. The third-order valence-electron chi connectivity index (χ3n) is 7.97. The lowest BCUT2D eigenvalue weighted by atomic mass is 9.97. The van der Waals surface area contributed by atoms with Crippen LogP contribution in [0.4, 0.5) is 0 Å². The van der Waals surface area contributed by atoms with Gasteiger partial charge in [-0.25, -0.2) is 9.97 Å². The first-order valence-electron chi connectivity index (χ1n) is 14.5. The van der Waals surface area contributed by atoms with Crippen molar-refractivity contribution >= 4 is 33.0 Å². The van der Waals surface area contributed by atoms with E-state index in [0.717, 1.165) is 78.1 Å². The third kappa shape index (κ3) is 4.90. The number of aliphatic hydroxyl groups excluding tert-OH is 2. The SMILES string of the molecule is Cc1cccc2ccc(C3=C(O)COc4ccccc43)nc12.Cc1cccc2ccc(C3=C(O)COc4ccccc43)nc12. The monoisotopic (exact) mass is 578 g/mol. The number of rotatable bonds is 2. The average Bonchev–Trinajstić information content (AvgIpc) is 3.05. The Morgan fingerprint density at radius 3 is 1.39 bits per heavy atom. The average molecular weight is 579 g/mol. The van der Waals surface area contributed by atoms with Crippen LogP contribution in [0.2, 0.25) is 0 Å². The van der Waals surface area contributed by atoms with Crippen molar-refractivity contribution < 1.29 is 19.7 Å². The van der Waals surface area contributed by atoms with Crippen molar-refractivity contribution in [1.82, 2.24) is 9.97 Å². The second-order valence-electron chi connectivity index (χ2n) is 10.9. The molecule has 0 radical (unpaired) electrons. The maximum atomic E-state index is 10.3. The highest BCUT2D eigenvalue weighted by Gasteiger charge is 2.23. The van der Waals surface area contributed by atoms with E-state index >= 15 is 0 Å². The Morgan fingerprint density at radius 1 is 0.500 bits per heavy atom. The highest BCUT2D eigenvalue weighted by Crippen LogP contribution is 2.37. The fraction of sp³-hybridized carbons (Fsp3) is 0.105. The summed E-state index contributed by atoms with van der Waals surface area (Å²) in [5.41, 5.74) is 9.00. The quantitative estimate of drug-likeness (QED) is 0.214. The van der Waals surface area contributed by atoms with Gasteiger partial charge in [-0.1, -0.05) is 84.9 Å². The smallest absolute Gasteiger partial charge is 0.146 e. The lowest BCUT2D eigenvalue weighted by Crippen LogP contribution is -2.12. The van der Waals surface area contributed by atoms with Crippen LogP contribution in [0, 0.1) is 13.8 Å². The second-order valence-corrected chi connectivity index (χ2v) is 10.9. The summed E-state index contributed by atoms with van der Waals surface area (Å²) in [6, 6.07) is 35.7. The van der Waals surface area contributed by atoms with Gasteiger partial charge in [0.2, 0.25) is 0 Å². The summed E-state index contributed by atoms with van der Waals surface area (Å²) in [5.74, 6) is 2.00. The zero-order chi connectivity index (χ0) is 30.2. The predicted molar refractivity (Wildman–Crippen MR) is 174 cm³/mol. The summed E-state index contributed by atoms with van der Waals surface area (Å²) >= 11 is 0. The number of hydrogen-bond donors (Lipinski definition) is 2. The maximum Gasteiger partial charge on any atom is 0.146 e. The van der Waals surface area contributed by atoms with Crippen molar-refractivity contribution in [3.63, 3.8) is 0 Å². The fourth-order valence-electron chi connectivity index (χ4n) is 5.79. The topological polar surface area (TPSA) is 84.7 Å². The van der Waals surface area contributed by atoms with Crippen molar-refractivity contribution in [2.24, 2.45) is 0 Å². The van der Waals surface area contributed by atoms with Gasteiger partial charge in [-0.3, -0.25) is 0 Å². The van der Waals surface area contributed by atoms with Crippen molar-refractivity contribution in [3.05, 3.63) is 154 Å². The minimum atomic E-state index is 0.180. The molecule has 0 amide bonds. The molecule has 6 heteroatoms. The lowest BCUT2D eigenvalue weighted by molar-refractivity contribution is 0.265. The van der Waals surface area contributed by atoms with E-state index in [4.69, 9.17) is 19.4 Å². The van der Waals surface area contributed by atoms with Gasteiger partial charge in [-0.05, 0) is 49.2 Å². The Morgan fingerprint density at radius 2 is 0.932 bits per heavy atom. The molecule has 0 saturated heterocycles. The van der Waals surface area contributed by atoms with Crippen LogP contribution >= 0.6 is 0 Å². The van der Waals surface area contributed by atoms with E-state index in [1.54, 1.807) is 0 Å². The van der Waals surface area contributed by atoms with Gasteiger partial charge < -0.3 is 19.7 Å². The number of benzene rings is 4. The normalized spacial score (nSPS) is 13.9. The molecule has 44 heavy (non-hydrogen) atoms. The van der Waals surface area contributed by atoms with Crippen LogP contribution in [0.1, 0.15) is 33.6 Å². The van der Waals surface area contributed by atoms with E-state index < -0.39 is 0 Å². The maximum absolute atomic E-state index is 10.3. The molecule has 0 unspecified atom stereocenters. The van der Waals surface area contributed by atoms with E-state index in [-0.39, 0.29) is 24.7 Å². The molecule has 2 N–H and O–H groups in total. The summed E-state index contributed by atoms with van der Waals surface area (Å²) < 4.78 is 11.1. The molecule has 2 aromatic heterocycles. The van der Waals surface area contributed by atoms with E-state index in [2.05, 4.69) is 0 Å². The van der Waals surface area contributed by atoms with Crippen molar-refractivity contribution in [2.45, 2.75) is 13.8 Å². The second kappa shape index (κ2) is 11.2. The molecule has 0 atom stereocenters. The van der Waals surface area contributed by atoms with Crippen LogP contribution in [0.15, 0.2) is 121 Å². The first kappa shape index (κ1) is 27.2. The molecule has 8 rings (SSSR count). The molecule has 0 saturated carbocycles. The molecule has 0 aliphatic carbocycles. The largest absolute Gasteiger partial charge is 0.508 e. The molecular weight excluding hydrogens is 548 g/mol. The number of fused-ring (bicyclic) bond motifs is 4. The molecule has 4 heterocycles. The first-order valence-corrected chi connectivity index (χ1v) is 14.5. The Hall–Kier alpha value is -5.62. The molecule has 2 aliphatic heterocycles. The van der Waals surface area contributed by atoms with Gasteiger partial charge in [-0.15, -0.1) is 0 Å². The van der Waals surface area contributed by atoms with Crippen LogP contribution in [0.5, 0.6) is 11.5 Å². The van der Waals surface area contributed by atoms with Gasteiger partial charge in [0.1, 0.15) is 36.2 Å². The molecule has 0 spiro atoms. The van der Waals surface area contributed by atoms with Crippen LogP contribution in [-0.4, -0.2) is 33.4 Å².